The zero-order valence-electron chi connectivity index (χ0n) is 17.5. The van der Waals surface area contributed by atoms with Crippen LogP contribution in [-0.2, 0) is 16.1 Å². The molecule has 1 amide bonds. The molecule has 7 nitrogen and oxygen atoms in total. The molecular weight excluding hydrogens is 410 g/mol. The van der Waals surface area contributed by atoms with E-state index in [-0.39, 0.29) is 18.6 Å². The molecule has 3 aromatic carbocycles. The lowest BCUT2D eigenvalue weighted by Gasteiger charge is -2.40. The fourth-order valence-electron chi connectivity index (χ4n) is 4.12. The molecule has 4 rings (SSSR count). The number of aliphatic carboxylic acids is 1. The first-order valence-corrected chi connectivity index (χ1v) is 10.5. The van der Waals surface area contributed by atoms with Crippen molar-refractivity contribution in [3.63, 3.8) is 0 Å². The average molecular weight is 434 g/mol. The molecule has 2 unspecified atom stereocenters. The zero-order chi connectivity index (χ0) is 22.5. The summed E-state index contributed by atoms with van der Waals surface area (Å²) in [6.45, 7) is 0.575. The molecule has 7 heteroatoms. The van der Waals surface area contributed by atoms with Gasteiger partial charge in [-0.2, -0.15) is 0 Å². The van der Waals surface area contributed by atoms with Gasteiger partial charge in [-0.15, -0.1) is 0 Å². The van der Waals surface area contributed by atoms with E-state index in [1.807, 2.05) is 36.4 Å². The molecule has 0 aromatic heterocycles. The maximum atomic E-state index is 11.4. The van der Waals surface area contributed by atoms with E-state index < -0.39 is 18.7 Å². The normalized spacial score (nSPS) is 18.4. The number of carbonyl (C=O) groups excluding carboxylic acids is 1. The highest BCUT2D eigenvalue weighted by Gasteiger charge is 2.31. The van der Waals surface area contributed by atoms with E-state index in [0.29, 0.717) is 25.3 Å². The van der Waals surface area contributed by atoms with Crippen molar-refractivity contribution in [3.05, 3.63) is 77.9 Å². The van der Waals surface area contributed by atoms with Gasteiger partial charge in [-0.25, -0.2) is 4.79 Å². The molecule has 1 aliphatic heterocycles. The first kappa shape index (κ1) is 21.6. The van der Waals surface area contributed by atoms with E-state index in [4.69, 9.17) is 14.6 Å². The number of amides is 1. The fourth-order valence-corrected chi connectivity index (χ4v) is 4.12. The van der Waals surface area contributed by atoms with Crippen LogP contribution in [-0.4, -0.2) is 47.9 Å². The lowest BCUT2D eigenvalue weighted by molar-refractivity contribution is -0.268. The molecule has 0 spiro atoms. The number of fused-ring (bicyclic) bond motifs is 1. The molecular formula is C25H24NO6-. The van der Waals surface area contributed by atoms with Gasteiger partial charge in [0.1, 0.15) is 11.8 Å². The van der Waals surface area contributed by atoms with Crippen molar-refractivity contribution in [2.75, 3.05) is 19.7 Å². The molecule has 0 bridgehead atoms. The largest absolute Gasteiger partial charge is 0.530 e. The quantitative estimate of drug-likeness (QED) is 0.614. The molecule has 32 heavy (non-hydrogen) atoms. The first-order chi connectivity index (χ1) is 15.5. The van der Waals surface area contributed by atoms with Crippen LogP contribution in [0.5, 0.6) is 5.75 Å². The lowest BCUT2D eigenvalue weighted by Crippen LogP contribution is -2.51. The minimum absolute atomic E-state index is 0.000389. The van der Waals surface area contributed by atoms with Crippen LogP contribution in [0.25, 0.3) is 10.8 Å². The number of hydrogen-bond acceptors (Lipinski definition) is 5. The number of carbonyl (C=O) groups is 2. The van der Waals surface area contributed by atoms with Crippen molar-refractivity contribution < 1.29 is 29.3 Å². The Balaban J connectivity index is 1.48. The number of carboxylic acid groups (broad SMARTS) is 2. The zero-order valence-corrected chi connectivity index (χ0v) is 17.5. The monoisotopic (exact) mass is 434 g/mol. The number of hydrogen-bond donors (Lipinski definition) is 1. The number of benzene rings is 3. The summed E-state index contributed by atoms with van der Waals surface area (Å²) in [6, 6.07) is 21.5. The molecule has 2 atom stereocenters. The molecule has 0 saturated carbocycles. The Morgan fingerprint density at radius 3 is 2.50 bits per heavy atom. The Morgan fingerprint density at radius 2 is 1.78 bits per heavy atom. The average Bonchev–Trinajstić information content (AvgIpc) is 2.81. The van der Waals surface area contributed by atoms with Crippen LogP contribution in [0.15, 0.2) is 66.7 Å². The fraction of sp³-hybridized carbons (Fsp3) is 0.280. The van der Waals surface area contributed by atoms with Crippen molar-refractivity contribution >= 4 is 22.8 Å². The smallest absolute Gasteiger partial charge is 0.341 e. The molecule has 1 saturated heterocycles. The maximum Gasteiger partial charge on any atom is 0.341 e. The van der Waals surface area contributed by atoms with E-state index in [1.165, 1.54) is 4.90 Å². The van der Waals surface area contributed by atoms with Gasteiger partial charge in [-0.3, -0.25) is 0 Å². The third-order valence-corrected chi connectivity index (χ3v) is 5.77. The van der Waals surface area contributed by atoms with Crippen molar-refractivity contribution in [2.45, 2.75) is 25.0 Å². The minimum Gasteiger partial charge on any atom is -0.530 e. The van der Waals surface area contributed by atoms with Crippen LogP contribution < -0.4 is 9.84 Å². The van der Waals surface area contributed by atoms with Crippen molar-refractivity contribution in [2.24, 2.45) is 0 Å². The molecule has 1 N–H and O–H groups in total. The summed E-state index contributed by atoms with van der Waals surface area (Å²) in [7, 11) is 0. The van der Waals surface area contributed by atoms with Crippen LogP contribution in [0, 0.1) is 0 Å². The molecule has 0 radical (unpaired) electrons. The Morgan fingerprint density at radius 1 is 1.03 bits per heavy atom. The standard InChI is InChI=1S/C25H25NO6/c27-24(28)16-31-21-9-7-19(8-10-21)22-11-12-26(25(29)30)14-23(22)32-15-17-5-6-18-3-1-2-4-20(18)13-17/h1-10,13,22-23H,11-12,14-16H2,(H,27,28)(H,29,30)/p-1. The van der Waals surface area contributed by atoms with Gasteiger partial charge in [-0.1, -0.05) is 48.5 Å². The predicted octanol–water partition coefficient (Wildman–Crippen LogP) is 3.02. The van der Waals surface area contributed by atoms with Crippen LogP contribution in [0.4, 0.5) is 4.79 Å². The van der Waals surface area contributed by atoms with Gasteiger partial charge in [0.25, 0.3) is 0 Å². The number of likely N-dealkylation sites (tertiary alicyclic amines) is 1. The molecule has 1 aliphatic rings. The predicted molar refractivity (Wildman–Crippen MR) is 116 cm³/mol. The summed E-state index contributed by atoms with van der Waals surface area (Å²) in [5, 5.41) is 22.5. The summed E-state index contributed by atoms with van der Waals surface area (Å²) < 4.78 is 11.4. The van der Waals surface area contributed by atoms with Crippen LogP contribution >= 0.6 is 0 Å². The Kier molecular flexibility index (Phi) is 6.56. The summed E-state index contributed by atoms with van der Waals surface area (Å²) in [4.78, 5) is 23.4. The van der Waals surface area contributed by atoms with Gasteiger partial charge >= 0.3 is 5.97 Å². The van der Waals surface area contributed by atoms with E-state index in [1.54, 1.807) is 12.1 Å². The minimum atomic E-state index is -1.19. The third-order valence-electron chi connectivity index (χ3n) is 5.77. The van der Waals surface area contributed by atoms with Gasteiger partial charge in [0.05, 0.1) is 12.7 Å². The number of piperidine rings is 1. The number of nitrogens with zero attached hydrogens (tertiary/aromatic N) is 1. The highest BCUT2D eigenvalue weighted by Crippen LogP contribution is 2.32. The van der Waals surface area contributed by atoms with E-state index in [2.05, 4.69) is 18.2 Å². The molecule has 3 aromatic rings. The number of ether oxygens (including phenoxy) is 2. The Labute approximate surface area is 185 Å². The van der Waals surface area contributed by atoms with Gasteiger partial charge in [0, 0.05) is 19.0 Å². The Hall–Kier alpha value is -3.58. The summed E-state index contributed by atoms with van der Waals surface area (Å²) in [5.41, 5.74) is 2.01. The highest BCUT2D eigenvalue weighted by molar-refractivity contribution is 5.82. The van der Waals surface area contributed by atoms with Crippen LogP contribution in [0.3, 0.4) is 0 Å². The van der Waals surface area contributed by atoms with Crippen molar-refractivity contribution in [1.82, 2.24) is 4.90 Å². The van der Waals surface area contributed by atoms with Crippen LogP contribution in [0.2, 0.25) is 0 Å². The second kappa shape index (κ2) is 9.70. The van der Waals surface area contributed by atoms with Gasteiger partial charge in [-0.05, 0) is 46.5 Å². The van der Waals surface area contributed by atoms with Gasteiger partial charge in [0.2, 0.25) is 0 Å². The maximum absolute atomic E-state index is 11.4. The number of carboxylic acids is 1. The summed E-state index contributed by atoms with van der Waals surface area (Å²) in [5.74, 6) is -0.567. The Bertz CT molecular complexity index is 1100. The molecule has 1 fully saturated rings. The highest BCUT2D eigenvalue weighted by atomic mass is 16.5. The second-order valence-electron chi connectivity index (χ2n) is 7.89. The molecule has 0 aliphatic carbocycles. The third kappa shape index (κ3) is 5.18. The SMILES string of the molecule is O=C(O)COc1ccc(C2CCN(C(=O)[O-])CC2OCc2ccc3ccccc3c2)cc1. The molecule has 166 valence electrons. The van der Waals surface area contributed by atoms with Gasteiger partial charge < -0.3 is 29.4 Å². The first-order valence-electron chi connectivity index (χ1n) is 10.5. The molecule has 1 heterocycles. The van der Waals surface area contributed by atoms with E-state index in [0.717, 1.165) is 21.9 Å². The summed E-state index contributed by atoms with van der Waals surface area (Å²) in [6.07, 6.45) is -0.926. The van der Waals surface area contributed by atoms with E-state index >= 15 is 0 Å². The van der Waals surface area contributed by atoms with Crippen molar-refractivity contribution in [3.8, 4) is 5.75 Å². The lowest BCUT2D eigenvalue weighted by atomic mass is 9.87. The van der Waals surface area contributed by atoms with Gasteiger partial charge in [0.15, 0.2) is 6.61 Å². The second-order valence-corrected chi connectivity index (χ2v) is 7.89. The van der Waals surface area contributed by atoms with Crippen molar-refractivity contribution in [1.29, 1.82) is 0 Å². The number of rotatable bonds is 7. The topological polar surface area (TPSA) is 99.1 Å². The van der Waals surface area contributed by atoms with E-state index in [9.17, 15) is 14.7 Å². The van der Waals surface area contributed by atoms with Crippen LogP contribution in [0.1, 0.15) is 23.5 Å². The summed E-state index contributed by atoms with van der Waals surface area (Å²) >= 11 is 0.